The molecule has 0 aliphatic carbocycles. The lowest BCUT2D eigenvalue weighted by atomic mass is 9.95. The molecule has 1 N–H and O–H groups in total. The third-order valence-corrected chi connectivity index (χ3v) is 6.08. The molecule has 0 unspecified atom stereocenters. The van der Waals surface area contributed by atoms with E-state index in [9.17, 15) is 4.79 Å². The number of nitrogens with one attached hydrogen (secondary N) is 1. The lowest BCUT2D eigenvalue weighted by molar-refractivity contribution is -0.120. The first-order valence-electron chi connectivity index (χ1n) is 11.1. The summed E-state index contributed by atoms with van der Waals surface area (Å²) in [6.07, 6.45) is 3.11. The van der Waals surface area contributed by atoms with Crippen LogP contribution in [0.4, 0.5) is 11.5 Å². The summed E-state index contributed by atoms with van der Waals surface area (Å²) in [7, 11) is 0. The second kappa shape index (κ2) is 9.39. The van der Waals surface area contributed by atoms with E-state index in [4.69, 9.17) is 4.74 Å². The molecule has 0 radical (unpaired) electrons. The highest BCUT2D eigenvalue weighted by Crippen LogP contribution is 2.29. The van der Waals surface area contributed by atoms with Gasteiger partial charge in [-0.25, -0.2) is 9.97 Å². The molecule has 166 valence electrons. The number of hydrogen-bond acceptors (Lipinski definition) is 5. The number of aromatic nitrogens is 2. The Kier molecular flexibility index (Phi) is 6.40. The molecule has 3 aromatic rings. The molecule has 0 spiro atoms. The number of benzene rings is 2. The third kappa shape index (κ3) is 5.07. The van der Waals surface area contributed by atoms with Crippen LogP contribution in [0.1, 0.15) is 35.1 Å². The summed E-state index contributed by atoms with van der Waals surface area (Å²) in [5, 5.41) is 3.09. The van der Waals surface area contributed by atoms with Crippen LogP contribution in [0.25, 0.3) is 0 Å². The number of nitrogens with zero attached hydrogens (tertiary/aromatic N) is 3. The molecule has 0 saturated carbocycles. The number of piperidine rings is 1. The number of amides is 1. The first-order chi connectivity index (χ1) is 15.4. The van der Waals surface area contributed by atoms with Crippen LogP contribution in [0.2, 0.25) is 0 Å². The zero-order valence-electron chi connectivity index (χ0n) is 19.2. The zero-order chi connectivity index (χ0) is 22.7. The fourth-order valence-corrected chi connectivity index (χ4v) is 4.17. The summed E-state index contributed by atoms with van der Waals surface area (Å²) < 4.78 is 6.02. The van der Waals surface area contributed by atoms with Crippen molar-refractivity contribution >= 4 is 17.4 Å². The first kappa shape index (κ1) is 21.8. The number of carbonyl (C=O) groups excluding carboxylic acids is 1. The number of carbonyl (C=O) groups is 1. The summed E-state index contributed by atoms with van der Waals surface area (Å²) in [6.45, 7) is 9.73. The van der Waals surface area contributed by atoms with Crippen molar-refractivity contribution in [2.75, 3.05) is 23.3 Å². The Bertz CT molecular complexity index is 1100. The molecule has 0 bridgehead atoms. The molecule has 1 fully saturated rings. The highest BCUT2D eigenvalue weighted by molar-refractivity contribution is 5.92. The summed E-state index contributed by atoms with van der Waals surface area (Å²) in [6, 6.07) is 14.0. The van der Waals surface area contributed by atoms with E-state index in [2.05, 4.69) is 39.2 Å². The van der Waals surface area contributed by atoms with Crippen LogP contribution in [0.3, 0.4) is 0 Å². The van der Waals surface area contributed by atoms with Crippen molar-refractivity contribution in [3.05, 3.63) is 71.0 Å². The van der Waals surface area contributed by atoms with Crippen LogP contribution >= 0.6 is 0 Å². The van der Waals surface area contributed by atoms with Crippen molar-refractivity contribution < 1.29 is 9.53 Å². The van der Waals surface area contributed by atoms with Crippen molar-refractivity contribution in [2.45, 2.75) is 40.5 Å². The predicted octanol–water partition coefficient (Wildman–Crippen LogP) is 5.36. The van der Waals surface area contributed by atoms with E-state index in [0.717, 1.165) is 59.9 Å². The Hall–Kier alpha value is -3.41. The Morgan fingerprint density at radius 1 is 1.00 bits per heavy atom. The topological polar surface area (TPSA) is 67.4 Å². The van der Waals surface area contributed by atoms with Gasteiger partial charge in [0.15, 0.2) is 0 Å². The second-order valence-corrected chi connectivity index (χ2v) is 8.64. The molecule has 1 amide bonds. The minimum atomic E-state index is -0.000399. The summed E-state index contributed by atoms with van der Waals surface area (Å²) in [5.41, 5.74) is 5.45. The summed E-state index contributed by atoms with van der Waals surface area (Å²) >= 11 is 0. The van der Waals surface area contributed by atoms with Gasteiger partial charge in [-0.1, -0.05) is 18.2 Å². The molecule has 1 aromatic heterocycles. The largest absolute Gasteiger partial charge is 0.439 e. The Morgan fingerprint density at radius 2 is 1.72 bits per heavy atom. The molecular weight excluding hydrogens is 400 g/mol. The van der Waals surface area contributed by atoms with E-state index >= 15 is 0 Å². The highest BCUT2D eigenvalue weighted by atomic mass is 16.5. The lowest BCUT2D eigenvalue weighted by Crippen LogP contribution is -2.38. The maximum absolute atomic E-state index is 12.8. The Labute approximate surface area is 189 Å². The van der Waals surface area contributed by atoms with Gasteiger partial charge >= 0.3 is 0 Å². The SMILES string of the molecule is Cc1cc(C)cc(NC(=O)C2CCN(c3cc(Oc4cccc(C)c4C)ncn3)CC2)c1. The smallest absolute Gasteiger partial charge is 0.227 e. The monoisotopic (exact) mass is 430 g/mol. The van der Waals surface area contributed by atoms with E-state index in [0.29, 0.717) is 5.88 Å². The summed E-state index contributed by atoms with van der Waals surface area (Å²) in [5.74, 6) is 2.25. The first-order valence-corrected chi connectivity index (χ1v) is 11.1. The molecule has 1 aliphatic rings. The lowest BCUT2D eigenvalue weighted by Gasteiger charge is -2.32. The highest BCUT2D eigenvalue weighted by Gasteiger charge is 2.26. The molecule has 1 saturated heterocycles. The van der Waals surface area contributed by atoms with Crippen molar-refractivity contribution in [1.29, 1.82) is 0 Å². The van der Waals surface area contributed by atoms with E-state index in [-0.39, 0.29) is 11.8 Å². The third-order valence-electron chi connectivity index (χ3n) is 6.08. The molecule has 2 aromatic carbocycles. The fourth-order valence-electron chi connectivity index (χ4n) is 4.17. The fraction of sp³-hybridized carbons (Fsp3) is 0.346. The van der Waals surface area contributed by atoms with Crippen LogP contribution in [-0.4, -0.2) is 29.0 Å². The summed E-state index contributed by atoms with van der Waals surface area (Å²) in [4.78, 5) is 23.7. The van der Waals surface area contributed by atoms with Gasteiger partial charge < -0.3 is 15.0 Å². The molecule has 2 heterocycles. The Balaban J connectivity index is 1.37. The maximum Gasteiger partial charge on any atom is 0.227 e. The van der Waals surface area contributed by atoms with Gasteiger partial charge in [0.05, 0.1) is 0 Å². The zero-order valence-corrected chi connectivity index (χ0v) is 19.2. The van der Waals surface area contributed by atoms with Crippen molar-refractivity contribution in [1.82, 2.24) is 9.97 Å². The van der Waals surface area contributed by atoms with Gasteiger partial charge in [0.25, 0.3) is 0 Å². The molecule has 0 atom stereocenters. The second-order valence-electron chi connectivity index (χ2n) is 8.64. The quantitative estimate of drug-likeness (QED) is 0.590. The average Bonchev–Trinajstić information content (AvgIpc) is 2.76. The van der Waals surface area contributed by atoms with Gasteiger partial charge in [-0.3, -0.25) is 4.79 Å². The normalized spacial score (nSPS) is 14.3. The van der Waals surface area contributed by atoms with Crippen LogP contribution in [-0.2, 0) is 4.79 Å². The van der Waals surface area contributed by atoms with E-state index in [1.807, 2.05) is 51.1 Å². The molecule has 1 aliphatic heterocycles. The average molecular weight is 431 g/mol. The van der Waals surface area contributed by atoms with Crippen molar-refractivity contribution in [3.63, 3.8) is 0 Å². The standard InChI is InChI=1S/C26H30N4O2/c1-17-12-18(2)14-22(13-17)29-26(31)21-8-10-30(11-9-21)24-15-25(28-16-27-24)32-23-7-5-6-19(3)20(23)4/h5-7,12-16,21H,8-11H2,1-4H3,(H,29,31). The van der Waals surface area contributed by atoms with Crippen molar-refractivity contribution in [3.8, 4) is 11.6 Å². The van der Waals surface area contributed by atoms with Gasteiger partial charge in [-0.2, -0.15) is 0 Å². The number of aryl methyl sites for hydroxylation is 3. The molecule has 4 rings (SSSR count). The van der Waals surface area contributed by atoms with Gasteiger partial charge in [0.1, 0.15) is 17.9 Å². The number of anilines is 2. The van der Waals surface area contributed by atoms with Crippen LogP contribution in [0.5, 0.6) is 11.6 Å². The van der Waals surface area contributed by atoms with Crippen LogP contribution < -0.4 is 15.0 Å². The minimum absolute atomic E-state index is 0.000399. The number of hydrogen-bond donors (Lipinski definition) is 1. The van der Waals surface area contributed by atoms with E-state index in [1.54, 1.807) is 0 Å². The van der Waals surface area contributed by atoms with E-state index in [1.165, 1.54) is 11.9 Å². The number of ether oxygens (including phenoxy) is 1. The molecule has 6 nitrogen and oxygen atoms in total. The molecular formula is C26H30N4O2. The van der Waals surface area contributed by atoms with Crippen molar-refractivity contribution in [2.24, 2.45) is 5.92 Å². The van der Waals surface area contributed by atoms with Gasteiger partial charge in [-0.05, 0) is 81.0 Å². The van der Waals surface area contributed by atoms with Crippen LogP contribution in [0, 0.1) is 33.6 Å². The van der Waals surface area contributed by atoms with Gasteiger partial charge in [0, 0.05) is 30.8 Å². The van der Waals surface area contributed by atoms with Crippen LogP contribution in [0.15, 0.2) is 48.8 Å². The predicted molar refractivity (Wildman–Crippen MR) is 128 cm³/mol. The molecule has 32 heavy (non-hydrogen) atoms. The van der Waals surface area contributed by atoms with Gasteiger partial charge in [0.2, 0.25) is 11.8 Å². The maximum atomic E-state index is 12.8. The molecule has 6 heteroatoms. The Morgan fingerprint density at radius 3 is 2.44 bits per heavy atom. The number of rotatable bonds is 5. The minimum Gasteiger partial charge on any atom is -0.439 e. The van der Waals surface area contributed by atoms with E-state index < -0.39 is 0 Å². The van der Waals surface area contributed by atoms with Gasteiger partial charge in [-0.15, -0.1) is 0 Å².